The SMILES string of the molecule is CCc1nsc(NC(CN)c2ccccc2)n1. The number of nitrogens with zero attached hydrogens (tertiary/aromatic N) is 2. The van der Waals surface area contributed by atoms with E-state index in [0.717, 1.165) is 17.4 Å². The van der Waals surface area contributed by atoms with Crippen LogP contribution in [0.15, 0.2) is 30.3 Å². The summed E-state index contributed by atoms with van der Waals surface area (Å²) in [5.41, 5.74) is 6.96. The van der Waals surface area contributed by atoms with Crippen molar-refractivity contribution in [1.82, 2.24) is 9.36 Å². The highest BCUT2D eigenvalue weighted by atomic mass is 32.1. The molecule has 0 spiro atoms. The lowest BCUT2D eigenvalue weighted by Crippen LogP contribution is -2.20. The van der Waals surface area contributed by atoms with Crippen molar-refractivity contribution in [3.05, 3.63) is 41.7 Å². The van der Waals surface area contributed by atoms with E-state index in [4.69, 9.17) is 5.73 Å². The molecule has 1 unspecified atom stereocenters. The molecular weight excluding hydrogens is 232 g/mol. The maximum atomic E-state index is 5.79. The molecule has 90 valence electrons. The first-order valence-electron chi connectivity index (χ1n) is 5.67. The van der Waals surface area contributed by atoms with Gasteiger partial charge in [0.25, 0.3) is 0 Å². The normalized spacial score (nSPS) is 12.4. The number of hydrogen-bond donors (Lipinski definition) is 2. The highest BCUT2D eigenvalue weighted by Crippen LogP contribution is 2.20. The minimum atomic E-state index is 0.0915. The third kappa shape index (κ3) is 3.01. The average Bonchev–Trinajstić information content (AvgIpc) is 2.84. The Balaban J connectivity index is 2.10. The van der Waals surface area contributed by atoms with Gasteiger partial charge in [0.1, 0.15) is 5.82 Å². The topological polar surface area (TPSA) is 63.8 Å². The molecule has 2 aromatic rings. The van der Waals surface area contributed by atoms with Gasteiger partial charge in [-0.05, 0) is 5.56 Å². The summed E-state index contributed by atoms with van der Waals surface area (Å²) < 4.78 is 4.24. The molecule has 1 aromatic carbocycles. The van der Waals surface area contributed by atoms with Gasteiger partial charge in [0.15, 0.2) is 0 Å². The van der Waals surface area contributed by atoms with Crippen LogP contribution in [0.5, 0.6) is 0 Å². The van der Waals surface area contributed by atoms with Gasteiger partial charge in [-0.2, -0.15) is 4.37 Å². The Morgan fingerprint density at radius 2 is 2.12 bits per heavy atom. The molecule has 0 saturated heterocycles. The van der Waals surface area contributed by atoms with Gasteiger partial charge in [-0.1, -0.05) is 37.3 Å². The first-order chi connectivity index (χ1) is 8.33. The molecule has 4 nitrogen and oxygen atoms in total. The molecule has 2 rings (SSSR count). The van der Waals surface area contributed by atoms with Crippen molar-refractivity contribution < 1.29 is 0 Å². The summed E-state index contributed by atoms with van der Waals surface area (Å²) >= 11 is 1.38. The number of anilines is 1. The van der Waals surface area contributed by atoms with Crippen LogP contribution in [0.25, 0.3) is 0 Å². The lowest BCUT2D eigenvalue weighted by molar-refractivity contribution is 0.787. The molecule has 0 bridgehead atoms. The monoisotopic (exact) mass is 248 g/mol. The Labute approximate surface area is 105 Å². The zero-order chi connectivity index (χ0) is 12.1. The van der Waals surface area contributed by atoms with Gasteiger partial charge >= 0.3 is 0 Å². The second kappa shape index (κ2) is 5.75. The highest BCUT2D eigenvalue weighted by Gasteiger charge is 2.11. The molecule has 1 atom stereocenters. The van der Waals surface area contributed by atoms with E-state index in [1.165, 1.54) is 17.1 Å². The minimum Gasteiger partial charge on any atom is -0.352 e. The summed E-state index contributed by atoms with van der Waals surface area (Å²) in [6.45, 7) is 2.58. The lowest BCUT2D eigenvalue weighted by Gasteiger charge is -2.15. The van der Waals surface area contributed by atoms with Gasteiger partial charge in [-0.15, -0.1) is 0 Å². The fourth-order valence-electron chi connectivity index (χ4n) is 1.57. The Kier molecular flexibility index (Phi) is 4.06. The van der Waals surface area contributed by atoms with Crippen molar-refractivity contribution in [1.29, 1.82) is 0 Å². The Bertz CT molecular complexity index is 455. The molecule has 0 radical (unpaired) electrons. The van der Waals surface area contributed by atoms with Crippen molar-refractivity contribution in [2.45, 2.75) is 19.4 Å². The van der Waals surface area contributed by atoms with Crippen LogP contribution < -0.4 is 11.1 Å². The van der Waals surface area contributed by atoms with Gasteiger partial charge < -0.3 is 11.1 Å². The molecule has 17 heavy (non-hydrogen) atoms. The standard InChI is InChI=1S/C12H16N4S/c1-2-11-15-12(17-16-11)14-10(8-13)9-6-4-3-5-7-9/h3-7,10H,2,8,13H2,1H3,(H,14,15,16). The van der Waals surface area contributed by atoms with Crippen molar-refractivity contribution in [2.75, 3.05) is 11.9 Å². The van der Waals surface area contributed by atoms with E-state index in [1.54, 1.807) is 0 Å². The summed E-state index contributed by atoms with van der Waals surface area (Å²) in [5.74, 6) is 0.876. The van der Waals surface area contributed by atoms with Crippen LogP contribution in [0.2, 0.25) is 0 Å². The van der Waals surface area contributed by atoms with Crippen LogP contribution in [0.3, 0.4) is 0 Å². The zero-order valence-corrected chi connectivity index (χ0v) is 10.6. The number of hydrogen-bond acceptors (Lipinski definition) is 5. The second-order valence-corrected chi connectivity index (χ2v) is 4.46. The number of nitrogens with two attached hydrogens (primary N) is 1. The van der Waals surface area contributed by atoms with Crippen molar-refractivity contribution in [2.24, 2.45) is 5.73 Å². The molecule has 0 aliphatic rings. The molecule has 1 heterocycles. The van der Waals surface area contributed by atoms with E-state index >= 15 is 0 Å². The third-order valence-corrected chi connectivity index (χ3v) is 3.20. The van der Waals surface area contributed by atoms with E-state index in [9.17, 15) is 0 Å². The van der Waals surface area contributed by atoms with E-state index in [-0.39, 0.29) is 6.04 Å². The van der Waals surface area contributed by atoms with Crippen LogP contribution in [0.1, 0.15) is 24.4 Å². The van der Waals surface area contributed by atoms with Gasteiger partial charge in [0.05, 0.1) is 6.04 Å². The van der Waals surface area contributed by atoms with Crippen molar-refractivity contribution >= 4 is 16.7 Å². The maximum absolute atomic E-state index is 5.79. The van der Waals surface area contributed by atoms with Crippen LogP contribution in [0.4, 0.5) is 5.13 Å². The fraction of sp³-hybridized carbons (Fsp3) is 0.333. The molecular formula is C12H16N4S. The van der Waals surface area contributed by atoms with Gasteiger partial charge in [0.2, 0.25) is 5.13 Å². The first kappa shape index (κ1) is 12.0. The molecule has 1 aromatic heterocycles. The second-order valence-electron chi connectivity index (χ2n) is 3.71. The fourth-order valence-corrected chi connectivity index (χ4v) is 2.27. The van der Waals surface area contributed by atoms with Gasteiger partial charge in [-0.25, -0.2) is 4.98 Å². The molecule has 0 amide bonds. The van der Waals surface area contributed by atoms with E-state index in [2.05, 4.69) is 26.8 Å². The van der Waals surface area contributed by atoms with Crippen LogP contribution in [-0.2, 0) is 6.42 Å². The quantitative estimate of drug-likeness (QED) is 0.851. The Morgan fingerprint density at radius 3 is 2.71 bits per heavy atom. The number of benzene rings is 1. The third-order valence-electron chi connectivity index (χ3n) is 2.52. The minimum absolute atomic E-state index is 0.0915. The predicted molar refractivity (Wildman–Crippen MR) is 71.1 cm³/mol. The van der Waals surface area contributed by atoms with E-state index < -0.39 is 0 Å². The summed E-state index contributed by atoms with van der Waals surface area (Å²) in [6, 6.07) is 10.2. The van der Waals surface area contributed by atoms with E-state index in [1.807, 2.05) is 25.1 Å². The lowest BCUT2D eigenvalue weighted by atomic mass is 10.1. The van der Waals surface area contributed by atoms with Crippen LogP contribution in [-0.4, -0.2) is 15.9 Å². The Hall–Kier alpha value is -1.46. The highest BCUT2D eigenvalue weighted by molar-refractivity contribution is 7.09. The van der Waals surface area contributed by atoms with E-state index in [0.29, 0.717) is 6.54 Å². The predicted octanol–water partition coefficient (Wildman–Crippen LogP) is 2.21. The van der Waals surface area contributed by atoms with Crippen molar-refractivity contribution in [3.63, 3.8) is 0 Å². The maximum Gasteiger partial charge on any atom is 0.203 e. The Morgan fingerprint density at radius 1 is 1.35 bits per heavy atom. The summed E-state index contributed by atoms with van der Waals surface area (Å²) in [4.78, 5) is 4.38. The molecule has 0 fully saturated rings. The molecule has 0 aliphatic heterocycles. The summed E-state index contributed by atoms with van der Waals surface area (Å²) in [5, 5.41) is 4.15. The number of nitrogens with one attached hydrogen (secondary N) is 1. The summed E-state index contributed by atoms with van der Waals surface area (Å²) in [7, 11) is 0. The first-order valence-corrected chi connectivity index (χ1v) is 6.45. The van der Waals surface area contributed by atoms with Crippen LogP contribution >= 0.6 is 11.5 Å². The molecule has 5 heteroatoms. The number of aryl methyl sites for hydroxylation is 1. The van der Waals surface area contributed by atoms with Gasteiger partial charge in [-0.3, -0.25) is 0 Å². The number of rotatable bonds is 5. The number of aromatic nitrogens is 2. The molecule has 3 N–H and O–H groups in total. The van der Waals surface area contributed by atoms with Crippen molar-refractivity contribution in [3.8, 4) is 0 Å². The molecule has 0 aliphatic carbocycles. The summed E-state index contributed by atoms with van der Waals surface area (Å²) in [6.07, 6.45) is 0.858. The zero-order valence-electron chi connectivity index (χ0n) is 9.76. The average molecular weight is 248 g/mol. The van der Waals surface area contributed by atoms with Gasteiger partial charge in [0, 0.05) is 24.5 Å². The molecule has 0 saturated carbocycles. The van der Waals surface area contributed by atoms with Crippen LogP contribution in [0, 0.1) is 0 Å². The largest absolute Gasteiger partial charge is 0.352 e. The smallest absolute Gasteiger partial charge is 0.203 e.